The molecule has 0 spiro atoms. The molecule has 1 N–H and O–H groups in total. The highest BCUT2D eigenvalue weighted by molar-refractivity contribution is 5.70. The highest BCUT2D eigenvalue weighted by Crippen LogP contribution is 2.15. The van der Waals surface area contributed by atoms with E-state index in [1.165, 1.54) is 0 Å². The third kappa shape index (κ3) is 5.13. The average molecular weight is 298 g/mol. The molecule has 0 bridgehead atoms. The van der Waals surface area contributed by atoms with Crippen LogP contribution in [0.2, 0.25) is 0 Å². The summed E-state index contributed by atoms with van der Waals surface area (Å²) in [5.41, 5.74) is 4.28. The van der Waals surface area contributed by atoms with Crippen molar-refractivity contribution in [2.75, 3.05) is 5.01 Å². The van der Waals surface area contributed by atoms with Crippen LogP contribution in [0.3, 0.4) is 0 Å². The van der Waals surface area contributed by atoms with E-state index in [-0.39, 0.29) is 0 Å². The second kappa shape index (κ2) is 6.98. The van der Waals surface area contributed by atoms with E-state index in [1.54, 1.807) is 5.01 Å². The molecule has 22 heavy (non-hydrogen) atoms. The average Bonchev–Trinajstić information content (AvgIpc) is 2.47. The molecule has 0 aliphatic heterocycles. The van der Waals surface area contributed by atoms with Crippen LogP contribution in [0.1, 0.15) is 26.3 Å². The molecule has 0 aliphatic rings. The molecule has 0 fully saturated rings. The monoisotopic (exact) mass is 298 g/mol. The van der Waals surface area contributed by atoms with E-state index in [4.69, 9.17) is 4.74 Å². The van der Waals surface area contributed by atoms with Gasteiger partial charge in [-0.2, -0.15) is 0 Å². The Kier molecular flexibility index (Phi) is 5.04. The lowest BCUT2D eigenvalue weighted by Crippen LogP contribution is -2.44. The SMILES string of the molecule is CC(C)(C)OC(=O)NN(Cc1ccccc1)c1ccccc1. The fourth-order valence-electron chi connectivity index (χ4n) is 1.98. The lowest BCUT2D eigenvalue weighted by Gasteiger charge is -2.27. The highest BCUT2D eigenvalue weighted by atomic mass is 16.6. The summed E-state index contributed by atoms with van der Waals surface area (Å²) in [5.74, 6) is 0. The number of amides is 1. The topological polar surface area (TPSA) is 41.6 Å². The molecular weight excluding hydrogens is 276 g/mol. The summed E-state index contributed by atoms with van der Waals surface area (Å²) in [5, 5.41) is 1.78. The second-order valence-corrected chi connectivity index (χ2v) is 6.02. The van der Waals surface area contributed by atoms with Crippen molar-refractivity contribution in [2.24, 2.45) is 0 Å². The van der Waals surface area contributed by atoms with Gasteiger partial charge in [-0.3, -0.25) is 5.01 Å². The summed E-state index contributed by atoms with van der Waals surface area (Å²) in [7, 11) is 0. The Hall–Kier alpha value is -2.49. The summed E-state index contributed by atoms with van der Waals surface area (Å²) >= 11 is 0. The normalized spacial score (nSPS) is 10.9. The maximum absolute atomic E-state index is 12.1. The van der Waals surface area contributed by atoms with Crippen LogP contribution in [0.25, 0.3) is 0 Å². The van der Waals surface area contributed by atoms with Gasteiger partial charge in [-0.05, 0) is 38.5 Å². The number of carbonyl (C=O) groups excluding carboxylic acids is 1. The second-order valence-electron chi connectivity index (χ2n) is 6.02. The number of hydrazine groups is 1. The molecular formula is C18H22N2O2. The quantitative estimate of drug-likeness (QED) is 0.863. The summed E-state index contributed by atoms with van der Waals surface area (Å²) < 4.78 is 5.34. The number of nitrogens with zero attached hydrogens (tertiary/aromatic N) is 1. The summed E-state index contributed by atoms with van der Waals surface area (Å²) in [6.07, 6.45) is -0.465. The molecule has 4 nitrogen and oxygen atoms in total. The van der Waals surface area contributed by atoms with E-state index in [0.717, 1.165) is 11.3 Å². The van der Waals surface area contributed by atoms with E-state index in [0.29, 0.717) is 6.54 Å². The smallest absolute Gasteiger partial charge is 0.426 e. The molecule has 2 aromatic rings. The van der Waals surface area contributed by atoms with Crippen LogP contribution in [0, 0.1) is 0 Å². The molecule has 2 aromatic carbocycles. The molecule has 1 amide bonds. The summed E-state index contributed by atoms with van der Waals surface area (Å²) in [6, 6.07) is 19.7. The van der Waals surface area contributed by atoms with Gasteiger partial charge in [-0.25, -0.2) is 10.2 Å². The number of hydrogen-bond acceptors (Lipinski definition) is 3. The van der Waals surface area contributed by atoms with E-state index in [2.05, 4.69) is 5.43 Å². The predicted octanol–water partition coefficient (Wildman–Crippen LogP) is 4.13. The Bertz CT molecular complexity index is 591. The lowest BCUT2D eigenvalue weighted by molar-refractivity contribution is 0.0520. The molecule has 0 aromatic heterocycles. The van der Waals surface area contributed by atoms with Gasteiger partial charge in [0, 0.05) is 0 Å². The van der Waals surface area contributed by atoms with Gasteiger partial charge in [0.2, 0.25) is 0 Å². The Balaban J connectivity index is 2.14. The molecule has 0 aliphatic carbocycles. The van der Waals surface area contributed by atoms with Crippen molar-refractivity contribution < 1.29 is 9.53 Å². The maximum atomic E-state index is 12.1. The Morgan fingerprint density at radius 2 is 1.55 bits per heavy atom. The summed E-state index contributed by atoms with van der Waals surface area (Å²) in [6.45, 7) is 6.09. The third-order valence-electron chi connectivity index (χ3n) is 2.88. The zero-order valence-electron chi connectivity index (χ0n) is 13.2. The van der Waals surface area contributed by atoms with Crippen molar-refractivity contribution in [1.29, 1.82) is 0 Å². The first-order valence-corrected chi connectivity index (χ1v) is 7.30. The number of anilines is 1. The van der Waals surface area contributed by atoms with Crippen LogP contribution in [0.5, 0.6) is 0 Å². The van der Waals surface area contributed by atoms with E-state index in [1.807, 2.05) is 81.4 Å². The van der Waals surface area contributed by atoms with Crippen molar-refractivity contribution in [3.63, 3.8) is 0 Å². The van der Waals surface area contributed by atoms with Crippen LogP contribution in [0.15, 0.2) is 60.7 Å². The Morgan fingerprint density at radius 3 is 2.09 bits per heavy atom. The van der Waals surface area contributed by atoms with Crippen molar-refractivity contribution >= 4 is 11.8 Å². The maximum Gasteiger partial charge on any atom is 0.426 e. The van der Waals surface area contributed by atoms with Gasteiger partial charge in [0.15, 0.2) is 0 Å². The van der Waals surface area contributed by atoms with Crippen LogP contribution in [-0.2, 0) is 11.3 Å². The number of nitrogens with one attached hydrogen (secondary N) is 1. The first-order chi connectivity index (χ1) is 10.4. The minimum atomic E-state index is -0.529. The van der Waals surface area contributed by atoms with Gasteiger partial charge < -0.3 is 4.74 Å². The van der Waals surface area contributed by atoms with Crippen molar-refractivity contribution in [3.8, 4) is 0 Å². The third-order valence-corrected chi connectivity index (χ3v) is 2.88. The number of para-hydroxylation sites is 1. The highest BCUT2D eigenvalue weighted by Gasteiger charge is 2.18. The first-order valence-electron chi connectivity index (χ1n) is 7.30. The van der Waals surface area contributed by atoms with Crippen LogP contribution in [-0.4, -0.2) is 11.7 Å². The molecule has 0 saturated heterocycles. The first kappa shape index (κ1) is 15.9. The van der Waals surface area contributed by atoms with Gasteiger partial charge in [0.05, 0.1) is 12.2 Å². The number of benzene rings is 2. The van der Waals surface area contributed by atoms with Gasteiger partial charge in [0.1, 0.15) is 5.60 Å². The van der Waals surface area contributed by atoms with Crippen molar-refractivity contribution in [1.82, 2.24) is 5.43 Å². The standard InChI is InChI=1S/C18H22N2O2/c1-18(2,3)22-17(21)19-20(16-12-8-5-9-13-16)14-15-10-6-4-7-11-15/h4-13H,14H2,1-3H3,(H,19,21). The molecule has 4 heteroatoms. The van der Waals surface area contributed by atoms with E-state index < -0.39 is 11.7 Å². The number of rotatable bonds is 4. The molecule has 0 heterocycles. The van der Waals surface area contributed by atoms with E-state index >= 15 is 0 Å². The molecule has 116 valence electrons. The van der Waals surface area contributed by atoms with Gasteiger partial charge in [0.25, 0.3) is 0 Å². The van der Waals surface area contributed by atoms with E-state index in [9.17, 15) is 4.79 Å². The van der Waals surface area contributed by atoms with Crippen LogP contribution in [0.4, 0.5) is 10.5 Å². The van der Waals surface area contributed by atoms with Crippen LogP contribution >= 0.6 is 0 Å². The van der Waals surface area contributed by atoms with Gasteiger partial charge >= 0.3 is 6.09 Å². The van der Waals surface area contributed by atoms with Gasteiger partial charge in [-0.1, -0.05) is 48.5 Å². The fraction of sp³-hybridized carbons (Fsp3) is 0.278. The summed E-state index contributed by atoms with van der Waals surface area (Å²) in [4.78, 5) is 12.1. The number of carbonyl (C=O) groups is 1. The zero-order chi connectivity index (χ0) is 16.0. The minimum absolute atomic E-state index is 0.465. The largest absolute Gasteiger partial charge is 0.443 e. The van der Waals surface area contributed by atoms with Crippen molar-refractivity contribution in [2.45, 2.75) is 32.9 Å². The molecule has 0 unspecified atom stereocenters. The number of hydrogen-bond donors (Lipinski definition) is 1. The Morgan fingerprint density at radius 1 is 1.00 bits per heavy atom. The zero-order valence-corrected chi connectivity index (χ0v) is 13.2. The molecule has 0 atom stereocenters. The fourth-order valence-corrected chi connectivity index (χ4v) is 1.98. The predicted molar refractivity (Wildman–Crippen MR) is 88.4 cm³/mol. The van der Waals surface area contributed by atoms with Crippen LogP contribution < -0.4 is 10.4 Å². The van der Waals surface area contributed by atoms with Gasteiger partial charge in [-0.15, -0.1) is 0 Å². The van der Waals surface area contributed by atoms with Crippen molar-refractivity contribution in [3.05, 3.63) is 66.2 Å². The number of ether oxygens (including phenoxy) is 1. The molecule has 2 rings (SSSR count). The minimum Gasteiger partial charge on any atom is -0.443 e. The Labute approximate surface area is 131 Å². The molecule has 0 saturated carbocycles. The lowest BCUT2D eigenvalue weighted by atomic mass is 10.2. The molecule has 0 radical (unpaired) electrons.